The Morgan fingerprint density at radius 1 is 1.47 bits per heavy atom. The van der Waals surface area contributed by atoms with E-state index in [4.69, 9.17) is 10.5 Å². The number of carbonyl (C=O) groups is 1. The van der Waals surface area contributed by atoms with Crippen LogP contribution in [0.2, 0.25) is 0 Å². The van der Waals surface area contributed by atoms with E-state index in [-0.39, 0.29) is 11.3 Å². The minimum absolute atomic E-state index is 0.0268. The lowest BCUT2D eigenvalue weighted by molar-refractivity contribution is 0.0947. The van der Waals surface area contributed by atoms with E-state index >= 15 is 0 Å². The molecule has 1 aromatic rings. The van der Waals surface area contributed by atoms with Crippen molar-refractivity contribution < 1.29 is 13.9 Å². The summed E-state index contributed by atoms with van der Waals surface area (Å²) < 4.78 is 18.5. The van der Waals surface area contributed by atoms with Crippen molar-refractivity contribution in [1.29, 1.82) is 0 Å². The predicted octanol–water partition coefficient (Wildman–Crippen LogP) is 2.39. The van der Waals surface area contributed by atoms with Gasteiger partial charge in [-0.1, -0.05) is 13.8 Å². The van der Waals surface area contributed by atoms with Gasteiger partial charge in [0.1, 0.15) is 11.6 Å². The molecule has 0 heterocycles. The van der Waals surface area contributed by atoms with Gasteiger partial charge in [-0.3, -0.25) is 4.79 Å². The maximum Gasteiger partial charge on any atom is 0.182 e. The van der Waals surface area contributed by atoms with Crippen molar-refractivity contribution in [2.75, 3.05) is 7.11 Å². The van der Waals surface area contributed by atoms with Crippen LogP contribution in [0.15, 0.2) is 18.2 Å². The number of rotatable bonds is 5. The Hall–Kier alpha value is -1.42. The molecule has 17 heavy (non-hydrogen) atoms. The molecule has 1 unspecified atom stereocenters. The predicted molar refractivity (Wildman–Crippen MR) is 64.7 cm³/mol. The third kappa shape index (κ3) is 3.53. The maximum atomic E-state index is 13.6. The number of carbonyl (C=O) groups excluding carboxylic acids is 1. The SMILES string of the molecule is COc1ccc(C(=O)C(N)CC(C)C)c(F)c1. The summed E-state index contributed by atoms with van der Waals surface area (Å²) >= 11 is 0. The van der Waals surface area contributed by atoms with Crippen molar-refractivity contribution in [1.82, 2.24) is 0 Å². The third-order valence-corrected chi connectivity index (χ3v) is 2.50. The van der Waals surface area contributed by atoms with Crippen molar-refractivity contribution >= 4 is 5.78 Å². The normalized spacial score (nSPS) is 12.6. The van der Waals surface area contributed by atoms with E-state index in [1.165, 1.54) is 19.2 Å². The molecule has 0 fully saturated rings. The van der Waals surface area contributed by atoms with Crippen molar-refractivity contribution in [3.05, 3.63) is 29.6 Å². The van der Waals surface area contributed by atoms with Gasteiger partial charge in [-0.15, -0.1) is 0 Å². The summed E-state index contributed by atoms with van der Waals surface area (Å²) in [5, 5.41) is 0. The zero-order valence-corrected chi connectivity index (χ0v) is 10.4. The molecular formula is C13H18FNO2. The van der Waals surface area contributed by atoms with Crippen LogP contribution in [-0.2, 0) is 0 Å². The number of methoxy groups -OCH3 is 1. The van der Waals surface area contributed by atoms with Crippen LogP contribution in [0.5, 0.6) is 5.75 Å². The fourth-order valence-corrected chi connectivity index (χ4v) is 1.64. The van der Waals surface area contributed by atoms with Crippen LogP contribution in [0.25, 0.3) is 0 Å². The number of Topliss-reactive ketones (excluding diaryl/α,β-unsaturated/α-hetero) is 1. The first kappa shape index (κ1) is 13.6. The van der Waals surface area contributed by atoms with Crippen molar-refractivity contribution in [3.8, 4) is 5.75 Å². The molecule has 2 N–H and O–H groups in total. The summed E-state index contributed by atoms with van der Waals surface area (Å²) in [7, 11) is 1.45. The first-order valence-corrected chi connectivity index (χ1v) is 5.59. The molecule has 0 spiro atoms. The molecule has 0 aliphatic rings. The lowest BCUT2D eigenvalue weighted by atomic mass is 9.96. The quantitative estimate of drug-likeness (QED) is 0.803. The molecule has 0 amide bonds. The summed E-state index contributed by atoms with van der Waals surface area (Å²) in [6, 6.07) is 3.50. The van der Waals surface area contributed by atoms with Crippen LogP contribution in [0.4, 0.5) is 4.39 Å². The molecule has 0 bridgehead atoms. The van der Waals surface area contributed by atoms with E-state index in [2.05, 4.69) is 0 Å². The smallest absolute Gasteiger partial charge is 0.182 e. The zero-order valence-electron chi connectivity index (χ0n) is 10.4. The number of hydrogen-bond acceptors (Lipinski definition) is 3. The molecule has 0 saturated heterocycles. The molecule has 1 aromatic carbocycles. The number of hydrogen-bond donors (Lipinski definition) is 1. The minimum atomic E-state index is -0.655. The van der Waals surface area contributed by atoms with Crippen LogP contribution in [0.1, 0.15) is 30.6 Å². The molecule has 1 rings (SSSR count). The van der Waals surface area contributed by atoms with Crippen molar-refractivity contribution in [2.45, 2.75) is 26.3 Å². The van der Waals surface area contributed by atoms with Gasteiger partial charge < -0.3 is 10.5 Å². The van der Waals surface area contributed by atoms with E-state index in [0.717, 1.165) is 0 Å². The number of ether oxygens (including phenoxy) is 1. The van der Waals surface area contributed by atoms with Crippen LogP contribution in [-0.4, -0.2) is 18.9 Å². The lowest BCUT2D eigenvalue weighted by Crippen LogP contribution is -2.32. The highest BCUT2D eigenvalue weighted by molar-refractivity contribution is 6.00. The zero-order chi connectivity index (χ0) is 13.0. The number of halogens is 1. The van der Waals surface area contributed by atoms with Crippen molar-refractivity contribution in [2.24, 2.45) is 11.7 Å². The molecule has 1 atom stereocenters. The van der Waals surface area contributed by atoms with E-state index in [0.29, 0.717) is 18.1 Å². The Morgan fingerprint density at radius 3 is 2.59 bits per heavy atom. The highest BCUT2D eigenvalue weighted by Gasteiger charge is 2.20. The van der Waals surface area contributed by atoms with Gasteiger partial charge in [0.05, 0.1) is 18.7 Å². The molecule has 0 saturated carbocycles. The fourth-order valence-electron chi connectivity index (χ4n) is 1.64. The summed E-state index contributed by atoms with van der Waals surface area (Å²) in [5.41, 5.74) is 5.77. The van der Waals surface area contributed by atoms with Gasteiger partial charge in [0.25, 0.3) is 0 Å². The monoisotopic (exact) mass is 239 g/mol. The van der Waals surface area contributed by atoms with E-state index < -0.39 is 11.9 Å². The molecular weight excluding hydrogens is 221 g/mol. The number of ketones is 1. The summed E-state index contributed by atoms with van der Waals surface area (Å²) in [6.45, 7) is 3.94. The lowest BCUT2D eigenvalue weighted by Gasteiger charge is -2.13. The van der Waals surface area contributed by atoms with Gasteiger partial charge in [-0.05, 0) is 24.5 Å². The van der Waals surface area contributed by atoms with Gasteiger partial charge in [0.15, 0.2) is 5.78 Å². The number of benzene rings is 1. The Bertz CT molecular complexity index is 404. The molecule has 0 aliphatic heterocycles. The Kier molecular flexibility index (Phi) is 4.63. The molecule has 4 heteroatoms. The third-order valence-electron chi connectivity index (χ3n) is 2.50. The standard InChI is InChI=1S/C13H18FNO2/c1-8(2)6-12(15)13(16)10-5-4-9(17-3)7-11(10)14/h4-5,7-8,12H,6,15H2,1-3H3. The minimum Gasteiger partial charge on any atom is -0.497 e. The Morgan fingerprint density at radius 2 is 2.12 bits per heavy atom. The second kappa shape index (κ2) is 5.77. The van der Waals surface area contributed by atoms with Gasteiger partial charge in [-0.2, -0.15) is 0 Å². The Balaban J connectivity index is 2.89. The van der Waals surface area contributed by atoms with E-state index in [9.17, 15) is 9.18 Å². The van der Waals surface area contributed by atoms with Gasteiger partial charge >= 0.3 is 0 Å². The van der Waals surface area contributed by atoms with Gasteiger partial charge in [0, 0.05) is 6.07 Å². The van der Waals surface area contributed by atoms with Gasteiger partial charge in [-0.25, -0.2) is 4.39 Å². The topological polar surface area (TPSA) is 52.3 Å². The van der Waals surface area contributed by atoms with Crippen LogP contribution < -0.4 is 10.5 Å². The van der Waals surface area contributed by atoms with E-state index in [1.807, 2.05) is 13.8 Å². The maximum absolute atomic E-state index is 13.6. The summed E-state index contributed by atoms with van der Waals surface area (Å²) in [6.07, 6.45) is 0.546. The number of nitrogens with two attached hydrogens (primary N) is 1. The average molecular weight is 239 g/mol. The largest absolute Gasteiger partial charge is 0.497 e. The van der Waals surface area contributed by atoms with E-state index in [1.54, 1.807) is 6.07 Å². The average Bonchev–Trinajstić information content (AvgIpc) is 2.27. The molecule has 0 aliphatic carbocycles. The summed E-state index contributed by atoms with van der Waals surface area (Å²) in [5.74, 6) is -0.265. The second-order valence-electron chi connectivity index (χ2n) is 4.45. The first-order chi connectivity index (χ1) is 7.95. The molecule has 0 aromatic heterocycles. The van der Waals surface area contributed by atoms with Crippen LogP contribution in [0.3, 0.4) is 0 Å². The fraction of sp³-hybridized carbons (Fsp3) is 0.462. The highest BCUT2D eigenvalue weighted by atomic mass is 19.1. The molecule has 94 valence electrons. The van der Waals surface area contributed by atoms with Crippen molar-refractivity contribution in [3.63, 3.8) is 0 Å². The Labute approximate surface area is 101 Å². The molecule has 0 radical (unpaired) electrons. The van der Waals surface area contributed by atoms with Gasteiger partial charge in [0.2, 0.25) is 0 Å². The summed E-state index contributed by atoms with van der Waals surface area (Å²) in [4.78, 5) is 11.9. The highest BCUT2D eigenvalue weighted by Crippen LogP contribution is 2.18. The molecule has 3 nitrogen and oxygen atoms in total. The first-order valence-electron chi connectivity index (χ1n) is 5.59. The van der Waals surface area contributed by atoms with Crippen LogP contribution in [0, 0.1) is 11.7 Å². The second-order valence-corrected chi connectivity index (χ2v) is 4.45. The van der Waals surface area contributed by atoms with Crippen LogP contribution >= 0.6 is 0 Å².